The number of nitrogens with zero attached hydrogens (tertiary/aromatic N) is 2. The molecule has 158 valence electrons. The van der Waals surface area contributed by atoms with Gasteiger partial charge >= 0.3 is 6.09 Å². The van der Waals surface area contributed by atoms with Gasteiger partial charge in [0.2, 0.25) is 0 Å². The van der Waals surface area contributed by atoms with Crippen LogP contribution in [0, 0.1) is 0 Å². The Bertz CT molecular complexity index is 996. The summed E-state index contributed by atoms with van der Waals surface area (Å²) < 4.78 is 5.12. The van der Waals surface area contributed by atoms with Crippen molar-refractivity contribution >= 4 is 17.6 Å². The van der Waals surface area contributed by atoms with E-state index in [1.807, 2.05) is 12.1 Å². The maximum atomic E-state index is 12.2. The first-order valence-corrected chi connectivity index (χ1v) is 11.1. The van der Waals surface area contributed by atoms with E-state index < -0.39 is 6.09 Å². The second kappa shape index (κ2) is 8.42. The van der Waals surface area contributed by atoms with Crippen LogP contribution in [0.4, 0.5) is 16.3 Å². The molecule has 3 aromatic rings. The van der Waals surface area contributed by atoms with Gasteiger partial charge in [-0.2, -0.15) is 0 Å². The standard InChI is InChI=1S/C26H27N3O2/c1-2-31-26(30)28-23-17-22-20(18-9-5-3-6-10-18)13-15-29-16-14-21(24(27-23)25(22)29)19-11-7-4-8-12-19/h3-12,17,20-21H,2,13-16H2,1H3,(H,27,28,30)/t20-,21-/m0/s1. The van der Waals surface area contributed by atoms with Gasteiger partial charge in [0.25, 0.3) is 0 Å². The second-order valence-corrected chi connectivity index (χ2v) is 8.17. The second-order valence-electron chi connectivity index (χ2n) is 8.17. The molecule has 1 N–H and O–H groups in total. The van der Waals surface area contributed by atoms with Crippen LogP contribution >= 0.6 is 0 Å². The average Bonchev–Trinajstić information content (AvgIpc) is 2.81. The van der Waals surface area contributed by atoms with E-state index in [-0.39, 0.29) is 11.8 Å². The number of ether oxygens (including phenoxy) is 1. The van der Waals surface area contributed by atoms with Crippen molar-refractivity contribution in [1.29, 1.82) is 0 Å². The summed E-state index contributed by atoms with van der Waals surface area (Å²) in [5, 5.41) is 2.86. The van der Waals surface area contributed by atoms with Crippen LogP contribution in [0.15, 0.2) is 66.7 Å². The van der Waals surface area contributed by atoms with Crippen molar-refractivity contribution in [3.63, 3.8) is 0 Å². The van der Waals surface area contributed by atoms with Crippen LogP contribution in [0.3, 0.4) is 0 Å². The molecule has 0 saturated heterocycles. The fourth-order valence-electron chi connectivity index (χ4n) is 5.01. The number of carbonyl (C=O) groups excluding carboxylic acids is 1. The molecule has 0 fully saturated rings. The lowest BCUT2D eigenvalue weighted by Gasteiger charge is -2.42. The van der Waals surface area contributed by atoms with Gasteiger partial charge in [-0.1, -0.05) is 60.7 Å². The third kappa shape index (κ3) is 3.76. The maximum absolute atomic E-state index is 12.2. The molecule has 5 nitrogen and oxygen atoms in total. The quantitative estimate of drug-likeness (QED) is 0.611. The highest BCUT2D eigenvalue weighted by atomic mass is 16.5. The van der Waals surface area contributed by atoms with Crippen molar-refractivity contribution in [1.82, 2.24) is 4.98 Å². The number of carbonyl (C=O) groups is 1. The summed E-state index contributed by atoms with van der Waals surface area (Å²) in [6, 6.07) is 23.3. The molecular formula is C26H27N3O2. The van der Waals surface area contributed by atoms with Crippen molar-refractivity contribution in [2.24, 2.45) is 0 Å². The molecule has 0 unspecified atom stereocenters. The van der Waals surface area contributed by atoms with Crippen molar-refractivity contribution in [2.45, 2.75) is 31.6 Å². The fraction of sp³-hybridized carbons (Fsp3) is 0.308. The van der Waals surface area contributed by atoms with Crippen molar-refractivity contribution in [3.05, 3.63) is 89.1 Å². The highest BCUT2D eigenvalue weighted by Crippen LogP contribution is 2.48. The minimum Gasteiger partial charge on any atom is -0.450 e. The number of hydrogen-bond donors (Lipinski definition) is 1. The lowest BCUT2D eigenvalue weighted by Crippen LogP contribution is -2.38. The van der Waals surface area contributed by atoms with Crippen LogP contribution in [-0.4, -0.2) is 30.8 Å². The van der Waals surface area contributed by atoms with Gasteiger partial charge < -0.3 is 9.64 Å². The SMILES string of the molecule is CCOC(=O)Nc1cc2c3c(n1)[C@H](c1ccccc1)CCN3CC[C@H]2c1ccccc1. The summed E-state index contributed by atoms with van der Waals surface area (Å²) >= 11 is 0. The van der Waals surface area contributed by atoms with Crippen LogP contribution in [0.25, 0.3) is 0 Å². The van der Waals surface area contributed by atoms with E-state index in [0.29, 0.717) is 12.4 Å². The summed E-state index contributed by atoms with van der Waals surface area (Å²) in [6.07, 6.45) is 1.61. The van der Waals surface area contributed by atoms with Crippen molar-refractivity contribution in [3.8, 4) is 0 Å². The number of benzene rings is 2. The van der Waals surface area contributed by atoms with Crippen LogP contribution in [0.5, 0.6) is 0 Å². The van der Waals surface area contributed by atoms with Gasteiger partial charge in [-0.15, -0.1) is 0 Å². The Morgan fingerprint density at radius 1 is 1.00 bits per heavy atom. The van der Waals surface area contributed by atoms with Gasteiger partial charge in [0.15, 0.2) is 0 Å². The number of aromatic nitrogens is 1. The Kier molecular flexibility index (Phi) is 5.33. The van der Waals surface area contributed by atoms with Crippen LogP contribution in [0.2, 0.25) is 0 Å². The molecule has 2 aliphatic heterocycles. The predicted molar refractivity (Wildman–Crippen MR) is 123 cm³/mol. The fourth-order valence-corrected chi connectivity index (χ4v) is 5.01. The molecule has 2 aromatic carbocycles. The van der Waals surface area contributed by atoms with Crippen LogP contribution in [-0.2, 0) is 4.74 Å². The van der Waals surface area contributed by atoms with E-state index >= 15 is 0 Å². The van der Waals surface area contributed by atoms with Crippen LogP contribution in [0.1, 0.15) is 54.0 Å². The Labute approximate surface area is 183 Å². The number of nitrogens with one attached hydrogen (secondary N) is 1. The zero-order valence-corrected chi connectivity index (χ0v) is 17.8. The van der Waals surface area contributed by atoms with Gasteiger partial charge in [0.05, 0.1) is 18.0 Å². The number of pyridine rings is 1. The smallest absolute Gasteiger partial charge is 0.412 e. The summed E-state index contributed by atoms with van der Waals surface area (Å²) in [7, 11) is 0. The molecule has 5 heteroatoms. The normalized spacial score (nSPS) is 19.5. The topological polar surface area (TPSA) is 54.5 Å². The maximum Gasteiger partial charge on any atom is 0.412 e. The number of anilines is 2. The largest absolute Gasteiger partial charge is 0.450 e. The number of amides is 1. The first kappa shape index (κ1) is 19.6. The first-order valence-electron chi connectivity index (χ1n) is 11.1. The number of hydrogen-bond acceptors (Lipinski definition) is 4. The van der Waals surface area contributed by atoms with E-state index in [1.54, 1.807) is 6.92 Å². The van der Waals surface area contributed by atoms with E-state index in [9.17, 15) is 4.79 Å². The van der Waals surface area contributed by atoms with E-state index in [1.165, 1.54) is 22.4 Å². The molecule has 1 amide bonds. The lowest BCUT2D eigenvalue weighted by atomic mass is 9.79. The third-order valence-corrected chi connectivity index (χ3v) is 6.36. The summed E-state index contributed by atoms with van der Waals surface area (Å²) in [5.41, 5.74) is 6.12. The van der Waals surface area contributed by atoms with Crippen LogP contribution < -0.4 is 10.2 Å². The van der Waals surface area contributed by atoms with Gasteiger partial charge in [0, 0.05) is 24.9 Å². The van der Waals surface area contributed by atoms with E-state index in [2.05, 4.69) is 64.8 Å². The highest BCUT2D eigenvalue weighted by Gasteiger charge is 2.36. The highest BCUT2D eigenvalue weighted by molar-refractivity contribution is 5.84. The first-order chi connectivity index (χ1) is 15.2. The molecular weight excluding hydrogens is 386 g/mol. The molecule has 2 atom stereocenters. The lowest BCUT2D eigenvalue weighted by molar-refractivity contribution is 0.168. The van der Waals surface area contributed by atoms with Gasteiger partial charge in [-0.05, 0) is 42.5 Å². The van der Waals surface area contributed by atoms with Crippen molar-refractivity contribution in [2.75, 3.05) is 29.9 Å². The van der Waals surface area contributed by atoms with Gasteiger partial charge in [-0.25, -0.2) is 9.78 Å². The molecule has 0 spiro atoms. The Balaban J connectivity index is 1.65. The molecule has 31 heavy (non-hydrogen) atoms. The zero-order valence-electron chi connectivity index (χ0n) is 17.8. The minimum absolute atomic E-state index is 0.213. The number of rotatable bonds is 4. The molecule has 2 aliphatic rings. The van der Waals surface area contributed by atoms with Gasteiger partial charge in [-0.3, -0.25) is 5.32 Å². The summed E-state index contributed by atoms with van der Waals surface area (Å²) in [6.45, 7) is 4.18. The van der Waals surface area contributed by atoms with Gasteiger partial charge in [0.1, 0.15) is 5.82 Å². The monoisotopic (exact) mass is 413 g/mol. The summed E-state index contributed by atoms with van der Waals surface area (Å²) in [5.74, 6) is 1.06. The molecule has 0 radical (unpaired) electrons. The molecule has 3 heterocycles. The Hall–Kier alpha value is -3.34. The molecule has 1 aromatic heterocycles. The zero-order chi connectivity index (χ0) is 21.2. The summed E-state index contributed by atoms with van der Waals surface area (Å²) in [4.78, 5) is 19.6. The molecule has 0 saturated carbocycles. The molecule has 0 aliphatic carbocycles. The van der Waals surface area contributed by atoms with Crippen molar-refractivity contribution < 1.29 is 9.53 Å². The third-order valence-electron chi connectivity index (χ3n) is 6.36. The Morgan fingerprint density at radius 2 is 1.61 bits per heavy atom. The molecule has 0 bridgehead atoms. The van der Waals surface area contributed by atoms with E-state index in [4.69, 9.17) is 9.72 Å². The average molecular weight is 414 g/mol. The predicted octanol–water partition coefficient (Wildman–Crippen LogP) is 5.53. The Morgan fingerprint density at radius 3 is 2.26 bits per heavy atom. The van der Waals surface area contributed by atoms with E-state index in [0.717, 1.165) is 31.6 Å². The molecule has 5 rings (SSSR count). The minimum atomic E-state index is -0.460.